The molecule has 40 heavy (non-hydrogen) atoms. The number of anilines is 2. The highest BCUT2D eigenvalue weighted by Gasteiger charge is 2.25. The van der Waals surface area contributed by atoms with Gasteiger partial charge in [-0.2, -0.15) is 4.98 Å². The van der Waals surface area contributed by atoms with Crippen molar-refractivity contribution in [3.05, 3.63) is 36.8 Å². The van der Waals surface area contributed by atoms with Gasteiger partial charge in [0.15, 0.2) is 5.75 Å². The SMILES string of the molecule is CN1CCN(CCOc2cnc(NC3CCC(Oc4nc(N5CCOCC5)cc5ncccc45)CC3)nc2)CC1. The molecule has 3 fully saturated rings. The Morgan fingerprint density at radius 1 is 0.975 bits per heavy atom. The fourth-order valence-electron chi connectivity index (χ4n) is 5.57. The first-order valence-electron chi connectivity index (χ1n) is 14.6. The summed E-state index contributed by atoms with van der Waals surface area (Å²) in [4.78, 5) is 25.5. The number of likely N-dealkylation sites (N-methyl/N-ethyl adjacent to an activating group) is 1. The summed E-state index contributed by atoms with van der Waals surface area (Å²) in [5, 5.41) is 4.45. The van der Waals surface area contributed by atoms with E-state index in [1.807, 2.05) is 18.3 Å². The molecule has 214 valence electrons. The van der Waals surface area contributed by atoms with Crippen molar-refractivity contribution < 1.29 is 14.2 Å². The van der Waals surface area contributed by atoms with E-state index >= 15 is 0 Å². The minimum absolute atomic E-state index is 0.117. The average Bonchev–Trinajstić information content (AvgIpc) is 3.00. The van der Waals surface area contributed by atoms with Crippen molar-refractivity contribution in [2.75, 3.05) is 82.9 Å². The van der Waals surface area contributed by atoms with E-state index in [1.54, 1.807) is 12.4 Å². The number of pyridine rings is 2. The second kappa shape index (κ2) is 12.9. The van der Waals surface area contributed by atoms with Crippen LogP contribution in [-0.4, -0.2) is 115 Å². The molecule has 0 unspecified atom stereocenters. The van der Waals surface area contributed by atoms with Gasteiger partial charge < -0.3 is 29.3 Å². The van der Waals surface area contributed by atoms with Crippen molar-refractivity contribution in [3.8, 4) is 11.6 Å². The van der Waals surface area contributed by atoms with E-state index in [2.05, 4.69) is 48.1 Å². The van der Waals surface area contributed by atoms with Crippen LogP contribution in [0.5, 0.6) is 11.6 Å². The molecule has 3 aliphatic rings. The Bertz CT molecular complexity index is 1220. The van der Waals surface area contributed by atoms with Crippen molar-refractivity contribution in [2.45, 2.75) is 37.8 Å². The standard InChI is InChI=1S/C29H40N8O3/c1-35-9-11-36(12-10-35)13-18-39-24-20-31-29(32-21-24)33-22-4-6-23(7-5-22)40-28-25-3-2-8-30-26(25)19-27(34-28)37-14-16-38-17-15-37/h2-3,8,19-23H,4-7,9-18H2,1H3,(H,31,32,33). The molecular formula is C29H40N8O3. The van der Waals surface area contributed by atoms with E-state index in [1.165, 1.54) is 0 Å². The van der Waals surface area contributed by atoms with Gasteiger partial charge in [0.25, 0.3) is 0 Å². The van der Waals surface area contributed by atoms with Crippen molar-refractivity contribution in [1.29, 1.82) is 0 Å². The molecule has 6 rings (SSSR count). The third-order valence-electron chi connectivity index (χ3n) is 8.07. The molecule has 0 radical (unpaired) electrons. The molecule has 0 bridgehead atoms. The van der Waals surface area contributed by atoms with Crippen LogP contribution in [0, 0.1) is 0 Å². The van der Waals surface area contributed by atoms with Crippen LogP contribution in [0.1, 0.15) is 25.7 Å². The first-order chi connectivity index (χ1) is 19.7. The first-order valence-corrected chi connectivity index (χ1v) is 14.6. The van der Waals surface area contributed by atoms with Crippen molar-refractivity contribution in [2.24, 2.45) is 0 Å². The third-order valence-corrected chi connectivity index (χ3v) is 8.07. The zero-order valence-corrected chi connectivity index (χ0v) is 23.4. The van der Waals surface area contributed by atoms with Gasteiger partial charge in [-0.15, -0.1) is 0 Å². The highest BCUT2D eigenvalue weighted by molar-refractivity contribution is 5.85. The minimum Gasteiger partial charge on any atom is -0.489 e. The Balaban J connectivity index is 0.983. The Kier molecular flexibility index (Phi) is 8.70. The van der Waals surface area contributed by atoms with E-state index in [-0.39, 0.29) is 6.10 Å². The summed E-state index contributed by atoms with van der Waals surface area (Å²) in [5.41, 5.74) is 0.910. The fourth-order valence-corrected chi connectivity index (χ4v) is 5.57. The largest absolute Gasteiger partial charge is 0.489 e. The molecule has 11 nitrogen and oxygen atoms in total. The molecule has 1 N–H and O–H groups in total. The van der Waals surface area contributed by atoms with Crippen LogP contribution in [0.25, 0.3) is 10.9 Å². The molecule has 0 atom stereocenters. The minimum atomic E-state index is 0.117. The maximum atomic E-state index is 6.51. The summed E-state index contributed by atoms with van der Waals surface area (Å²) >= 11 is 0. The zero-order chi connectivity index (χ0) is 27.1. The molecule has 11 heteroatoms. The van der Waals surface area contributed by atoms with E-state index in [9.17, 15) is 0 Å². The van der Waals surface area contributed by atoms with E-state index in [0.29, 0.717) is 43.4 Å². The molecule has 0 spiro atoms. The normalized spacial score (nSPS) is 22.8. The molecular weight excluding hydrogens is 508 g/mol. The highest BCUT2D eigenvalue weighted by atomic mass is 16.5. The quantitative estimate of drug-likeness (QED) is 0.427. The number of piperazine rings is 1. The lowest BCUT2D eigenvalue weighted by Gasteiger charge is -2.32. The monoisotopic (exact) mass is 548 g/mol. The van der Waals surface area contributed by atoms with Crippen molar-refractivity contribution in [1.82, 2.24) is 29.7 Å². The second-order valence-corrected chi connectivity index (χ2v) is 10.9. The van der Waals surface area contributed by atoms with Crippen LogP contribution in [-0.2, 0) is 4.74 Å². The summed E-state index contributed by atoms with van der Waals surface area (Å²) in [6.07, 6.45) is 9.31. The number of aromatic nitrogens is 4. The second-order valence-electron chi connectivity index (χ2n) is 10.9. The van der Waals surface area contributed by atoms with Crippen LogP contribution in [0.2, 0.25) is 0 Å². The van der Waals surface area contributed by atoms with E-state index in [0.717, 1.165) is 88.2 Å². The van der Waals surface area contributed by atoms with Gasteiger partial charge in [0.05, 0.1) is 36.5 Å². The molecule has 5 heterocycles. The molecule has 2 aliphatic heterocycles. The van der Waals surface area contributed by atoms with Gasteiger partial charge in [-0.3, -0.25) is 9.88 Å². The van der Waals surface area contributed by atoms with E-state index < -0.39 is 0 Å². The van der Waals surface area contributed by atoms with Crippen LogP contribution in [0.15, 0.2) is 36.8 Å². The molecule has 2 saturated heterocycles. The van der Waals surface area contributed by atoms with Gasteiger partial charge in [0.2, 0.25) is 11.8 Å². The lowest BCUT2D eigenvalue weighted by atomic mass is 9.93. The number of nitrogens with zero attached hydrogens (tertiary/aromatic N) is 7. The summed E-state index contributed by atoms with van der Waals surface area (Å²) in [6.45, 7) is 9.08. The van der Waals surface area contributed by atoms with Gasteiger partial charge in [-0.25, -0.2) is 9.97 Å². The van der Waals surface area contributed by atoms with Crippen molar-refractivity contribution >= 4 is 22.7 Å². The molecule has 0 aromatic carbocycles. The fraction of sp³-hybridized carbons (Fsp3) is 0.586. The number of nitrogens with one attached hydrogen (secondary N) is 1. The maximum absolute atomic E-state index is 6.51. The number of fused-ring (bicyclic) bond motifs is 1. The number of rotatable bonds is 9. The number of hydrogen-bond acceptors (Lipinski definition) is 11. The van der Waals surface area contributed by atoms with Gasteiger partial charge in [0, 0.05) is 64.1 Å². The topological polar surface area (TPSA) is 101 Å². The highest BCUT2D eigenvalue weighted by Crippen LogP contribution is 2.31. The summed E-state index contributed by atoms with van der Waals surface area (Å²) in [7, 11) is 2.17. The summed E-state index contributed by atoms with van der Waals surface area (Å²) in [6, 6.07) is 6.35. The van der Waals surface area contributed by atoms with Crippen LogP contribution < -0.4 is 19.7 Å². The Morgan fingerprint density at radius 3 is 2.52 bits per heavy atom. The number of morpholine rings is 1. The Labute approximate surface area is 235 Å². The van der Waals surface area contributed by atoms with Gasteiger partial charge >= 0.3 is 0 Å². The zero-order valence-electron chi connectivity index (χ0n) is 23.4. The first kappa shape index (κ1) is 26.9. The van der Waals surface area contributed by atoms with Gasteiger partial charge in [-0.05, 0) is 44.9 Å². The maximum Gasteiger partial charge on any atom is 0.225 e. The molecule has 1 aliphatic carbocycles. The molecule has 3 aromatic rings. The smallest absolute Gasteiger partial charge is 0.225 e. The average molecular weight is 549 g/mol. The van der Waals surface area contributed by atoms with Gasteiger partial charge in [0.1, 0.15) is 18.5 Å². The van der Waals surface area contributed by atoms with Crippen LogP contribution >= 0.6 is 0 Å². The lowest BCUT2D eigenvalue weighted by molar-refractivity contribution is 0.122. The van der Waals surface area contributed by atoms with Crippen LogP contribution in [0.3, 0.4) is 0 Å². The summed E-state index contributed by atoms with van der Waals surface area (Å²) in [5.74, 6) is 2.94. The number of hydrogen-bond donors (Lipinski definition) is 1. The number of ether oxygens (including phenoxy) is 3. The molecule has 3 aromatic heterocycles. The van der Waals surface area contributed by atoms with Crippen molar-refractivity contribution in [3.63, 3.8) is 0 Å². The predicted octanol–water partition coefficient (Wildman–Crippen LogP) is 2.68. The summed E-state index contributed by atoms with van der Waals surface area (Å²) < 4.78 is 17.9. The molecule has 1 saturated carbocycles. The lowest BCUT2D eigenvalue weighted by Crippen LogP contribution is -2.45. The van der Waals surface area contributed by atoms with Crippen LogP contribution in [0.4, 0.5) is 11.8 Å². The van der Waals surface area contributed by atoms with Gasteiger partial charge in [-0.1, -0.05) is 0 Å². The molecule has 0 amide bonds. The Hall–Kier alpha value is -3.28. The third kappa shape index (κ3) is 6.89. The predicted molar refractivity (Wildman–Crippen MR) is 154 cm³/mol. The Morgan fingerprint density at radius 2 is 1.75 bits per heavy atom. The van der Waals surface area contributed by atoms with E-state index in [4.69, 9.17) is 19.2 Å².